The van der Waals surface area contributed by atoms with Gasteiger partial charge in [-0.3, -0.25) is 19.1 Å². The second-order valence-electron chi connectivity index (χ2n) is 10.8. The smallest absolute Gasteiger partial charge is 0.302 e. The van der Waals surface area contributed by atoms with Crippen LogP contribution in [0.3, 0.4) is 0 Å². The van der Waals surface area contributed by atoms with Crippen molar-refractivity contribution in [1.82, 2.24) is 19.5 Å². The van der Waals surface area contributed by atoms with E-state index in [9.17, 15) is 9.59 Å². The molecule has 2 aromatic heterocycles. The highest BCUT2D eigenvalue weighted by atomic mass is 28.4. The number of esters is 1. The van der Waals surface area contributed by atoms with E-state index in [-0.39, 0.29) is 23.1 Å². The Balaban J connectivity index is 1.51. The van der Waals surface area contributed by atoms with Gasteiger partial charge in [-0.15, -0.1) is 0 Å². The summed E-state index contributed by atoms with van der Waals surface area (Å²) in [4.78, 5) is 35.3. The molecule has 1 fully saturated rings. The first-order chi connectivity index (χ1) is 18.6. The van der Waals surface area contributed by atoms with Crippen LogP contribution in [0.1, 0.15) is 40.3 Å². The minimum Gasteiger partial charge on any atom is -0.460 e. The number of nitrogen functional groups attached to an aromatic ring is 1. The van der Waals surface area contributed by atoms with Crippen molar-refractivity contribution in [2.24, 2.45) is 0 Å². The van der Waals surface area contributed by atoms with E-state index in [1.165, 1.54) is 13.3 Å². The number of aromatic nitrogens is 4. The van der Waals surface area contributed by atoms with Crippen LogP contribution in [-0.2, 0) is 18.7 Å². The van der Waals surface area contributed by atoms with Crippen LogP contribution in [0.4, 0.5) is 5.95 Å². The zero-order chi connectivity index (χ0) is 27.8. The number of anilines is 1. The van der Waals surface area contributed by atoms with E-state index < -0.39 is 38.3 Å². The molecule has 11 heteroatoms. The van der Waals surface area contributed by atoms with Gasteiger partial charge in [0.05, 0.1) is 12.9 Å². The van der Waals surface area contributed by atoms with E-state index in [1.807, 2.05) is 36.4 Å². The molecule has 39 heavy (non-hydrogen) atoms. The Morgan fingerprint density at radius 2 is 1.74 bits per heavy atom. The van der Waals surface area contributed by atoms with Gasteiger partial charge in [0.1, 0.15) is 18.4 Å². The molecule has 0 saturated carbocycles. The Morgan fingerprint density at radius 1 is 1.13 bits per heavy atom. The van der Waals surface area contributed by atoms with Crippen LogP contribution in [0.5, 0.6) is 0 Å². The monoisotopic (exact) mass is 547 g/mol. The first-order valence-corrected chi connectivity index (χ1v) is 14.8. The normalized spacial score (nSPS) is 19.8. The summed E-state index contributed by atoms with van der Waals surface area (Å²) in [5.74, 6) is -0.427. The van der Waals surface area contributed by atoms with Crippen LogP contribution in [0.25, 0.3) is 11.2 Å². The van der Waals surface area contributed by atoms with Crippen LogP contribution in [0.2, 0.25) is 5.04 Å². The third kappa shape index (κ3) is 5.00. The molecule has 5 rings (SSSR count). The third-order valence-corrected chi connectivity index (χ3v) is 12.1. The van der Waals surface area contributed by atoms with Gasteiger partial charge in [0.25, 0.3) is 13.9 Å². The lowest BCUT2D eigenvalue weighted by Crippen LogP contribution is -2.67. The van der Waals surface area contributed by atoms with Crippen molar-refractivity contribution in [3.63, 3.8) is 0 Å². The first-order valence-electron chi connectivity index (χ1n) is 12.9. The molecule has 0 bridgehead atoms. The number of imidazole rings is 1. The summed E-state index contributed by atoms with van der Waals surface area (Å²) in [6, 6.07) is 20.6. The summed E-state index contributed by atoms with van der Waals surface area (Å²) in [5.41, 5.74) is 5.81. The molecule has 1 aliphatic heterocycles. The van der Waals surface area contributed by atoms with Crippen LogP contribution in [0, 0.1) is 0 Å². The Kier molecular flexibility index (Phi) is 7.14. The predicted octanol–water partition coefficient (Wildman–Crippen LogP) is 2.50. The fraction of sp³-hybridized carbons (Fsp3) is 0.357. The summed E-state index contributed by atoms with van der Waals surface area (Å²) in [6.45, 7) is 8.18. The van der Waals surface area contributed by atoms with Gasteiger partial charge in [-0.2, -0.15) is 4.98 Å². The van der Waals surface area contributed by atoms with Gasteiger partial charge in [-0.05, 0) is 15.4 Å². The predicted molar refractivity (Wildman–Crippen MR) is 150 cm³/mol. The second-order valence-corrected chi connectivity index (χ2v) is 15.1. The summed E-state index contributed by atoms with van der Waals surface area (Å²) in [6.07, 6.45) is 0.127. The fourth-order valence-corrected chi connectivity index (χ4v) is 10.1. The van der Waals surface area contributed by atoms with Gasteiger partial charge in [0.15, 0.2) is 11.2 Å². The number of nitrogens with zero attached hydrogens (tertiary/aromatic N) is 3. The van der Waals surface area contributed by atoms with Crippen LogP contribution in [-0.4, -0.2) is 52.6 Å². The molecule has 2 aromatic carbocycles. The number of nitrogens with one attached hydrogen (secondary N) is 1. The highest BCUT2D eigenvalue weighted by Crippen LogP contribution is 2.39. The van der Waals surface area contributed by atoms with Crippen LogP contribution >= 0.6 is 0 Å². The van der Waals surface area contributed by atoms with E-state index in [0.29, 0.717) is 12.1 Å². The Morgan fingerprint density at radius 3 is 2.31 bits per heavy atom. The molecular weight excluding hydrogens is 514 g/mol. The summed E-state index contributed by atoms with van der Waals surface area (Å²) in [7, 11) is -2.85. The summed E-state index contributed by atoms with van der Waals surface area (Å²) in [5, 5.41) is 2.05. The van der Waals surface area contributed by atoms with Gasteiger partial charge in [-0.1, -0.05) is 81.4 Å². The van der Waals surface area contributed by atoms with Crippen molar-refractivity contribution in [2.75, 3.05) is 12.3 Å². The molecule has 4 aromatic rings. The Labute approximate surface area is 227 Å². The van der Waals surface area contributed by atoms with Crippen LogP contribution in [0.15, 0.2) is 71.8 Å². The number of rotatable bonds is 7. The number of nitrogens with two attached hydrogens (primary N) is 1. The molecular formula is C28H33N5O5Si. The topological polar surface area (TPSA) is 134 Å². The van der Waals surface area contributed by atoms with E-state index >= 15 is 0 Å². The maximum absolute atomic E-state index is 12.3. The van der Waals surface area contributed by atoms with Crippen molar-refractivity contribution < 1.29 is 18.7 Å². The van der Waals surface area contributed by atoms with Gasteiger partial charge < -0.3 is 19.6 Å². The highest BCUT2D eigenvalue weighted by Gasteiger charge is 2.51. The Bertz CT molecular complexity index is 1480. The lowest BCUT2D eigenvalue weighted by atomic mass is 10.2. The minimum atomic E-state index is -2.85. The zero-order valence-corrected chi connectivity index (χ0v) is 23.5. The summed E-state index contributed by atoms with van der Waals surface area (Å²) < 4.78 is 20.8. The van der Waals surface area contributed by atoms with Gasteiger partial charge >= 0.3 is 5.97 Å². The van der Waals surface area contributed by atoms with Crippen molar-refractivity contribution in [2.45, 2.75) is 57.6 Å². The quantitative estimate of drug-likeness (QED) is 0.266. The first kappa shape index (κ1) is 26.8. The Hall–Kier alpha value is -3.80. The molecule has 1 saturated heterocycles. The fourth-order valence-electron chi connectivity index (χ4n) is 5.48. The van der Waals surface area contributed by atoms with Gasteiger partial charge in [-0.25, -0.2) is 4.98 Å². The standard InChI is InChI=1S/C28H33N5O5Si/c1-18(34)37-21-15-23(33-17-30-24-25(33)31-27(29)32-26(24)35)38-22(21)16-36-39(28(2,3)4,19-11-7-5-8-12-19)20-13-9-6-10-14-20/h5-14,17,21-23H,15-16H2,1-4H3,(H3,29,31,32,35)/t21-,22+,23+/m0/s1. The molecule has 0 unspecified atom stereocenters. The SMILES string of the molecule is CC(=O)O[C@H]1C[C@H](n2cnc3c(=O)[nH]c(N)nc32)O[C@@H]1CO[Si](c1ccccc1)(c1ccccc1)C(C)(C)C. The van der Waals surface area contributed by atoms with Crippen LogP contribution < -0.4 is 21.7 Å². The average molecular weight is 548 g/mol. The number of hydrogen-bond acceptors (Lipinski definition) is 8. The van der Waals surface area contributed by atoms with Gasteiger partial charge in [0.2, 0.25) is 5.95 Å². The maximum Gasteiger partial charge on any atom is 0.302 e. The third-order valence-electron chi connectivity index (χ3n) is 7.14. The van der Waals surface area contributed by atoms with Crippen molar-refractivity contribution in [3.8, 4) is 0 Å². The van der Waals surface area contributed by atoms with E-state index in [1.54, 1.807) is 4.57 Å². The number of hydrogen-bond donors (Lipinski definition) is 2. The number of benzene rings is 2. The molecule has 0 aliphatic carbocycles. The van der Waals surface area contributed by atoms with Crippen molar-refractivity contribution in [1.29, 1.82) is 0 Å². The lowest BCUT2D eigenvalue weighted by Gasteiger charge is -2.43. The molecule has 0 radical (unpaired) electrons. The summed E-state index contributed by atoms with van der Waals surface area (Å²) >= 11 is 0. The number of carbonyl (C=O) groups excluding carboxylic acids is 1. The molecule has 1 aliphatic rings. The number of fused-ring (bicyclic) bond motifs is 1. The van der Waals surface area contributed by atoms with Crippen molar-refractivity contribution in [3.05, 3.63) is 77.3 Å². The molecule has 0 amide bonds. The molecule has 0 spiro atoms. The maximum atomic E-state index is 12.3. The number of ether oxygens (including phenoxy) is 2. The second kappa shape index (κ2) is 10.4. The molecule has 3 heterocycles. The number of carbonyl (C=O) groups is 1. The van der Waals surface area contributed by atoms with E-state index in [2.05, 4.69) is 60.0 Å². The number of H-pyrrole nitrogens is 1. The van der Waals surface area contributed by atoms with E-state index in [0.717, 1.165) is 10.4 Å². The molecule has 10 nitrogen and oxygen atoms in total. The highest BCUT2D eigenvalue weighted by molar-refractivity contribution is 6.99. The molecule has 3 atom stereocenters. The number of aromatic amines is 1. The molecule has 204 valence electrons. The van der Waals surface area contributed by atoms with Gasteiger partial charge in [0, 0.05) is 13.3 Å². The largest absolute Gasteiger partial charge is 0.460 e. The van der Waals surface area contributed by atoms with E-state index in [4.69, 9.17) is 19.6 Å². The van der Waals surface area contributed by atoms with Crippen molar-refractivity contribution >= 4 is 41.8 Å². The average Bonchev–Trinajstić information content (AvgIpc) is 3.48. The zero-order valence-electron chi connectivity index (χ0n) is 22.5. The minimum absolute atomic E-state index is 0.0182. The lowest BCUT2D eigenvalue weighted by molar-refractivity contribution is -0.150. The molecule has 3 N–H and O–H groups in total.